The topological polar surface area (TPSA) is 84.7 Å². The van der Waals surface area contributed by atoms with Gasteiger partial charge in [0.1, 0.15) is 11.5 Å². The van der Waals surface area contributed by atoms with Gasteiger partial charge in [-0.1, -0.05) is 23.7 Å². The lowest BCUT2D eigenvalue weighted by molar-refractivity contribution is -0.139. The van der Waals surface area contributed by atoms with Crippen LogP contribution < -0.4 is 4.74 Å². The molecule has 3 aromatic rings. The van der Waals surface area contributed by atoms with Crippen LogP contribution in [0.25, 0.3) is 5.76 Å². The number of aromatic nitrogens is 2. The molecule has 1 unspecified atom stereocenters. The first-order valence-corrected chi connectivity index (χ1v) is 11.1. The van der Waals surface area contributed by atoms with Crippen LogP contribution in [0.5, 0.6) is 5.75 Å². The van der Waals surface area contributed by atoms with E-state index in [1.165, 1.54) is 4.90 Å². The quantitative estimate of drug-likeness (QED) is 0.302. The molecule has 0 bridgehead atoms. The molecule has 1 aliphatic rings. The molecule has 0 radical (unpaired) electrons. The van der Waals surface area contributed by atoms with E-state index in [0.29, 0.717) is 42.5 Å². The molecule has 0 saturated carbocycles. The van der Waals surface area contributed by atoms with E-state index in [4.69, 9.17) is 16.3 Å². The molecule has 1 aliphatic heterocycles. The Kier molecular flexibility index (Phi) is 6.79. The van der Waals surface area contributed by atoms with Crippen molar-refractivity contribution in [3.8, 4) is 5.75 Å². The summed E-state index contributed by atoms with van der Waals surface area (Å²) in [6, 6.07) is 13.0. The zero-order valence-corrected chi connectivity index (χ0v) is 18.9. The third kappa shape index (κ3) is 4.78. The minimum absolute atomic E-state index is 0.0640. The molecule has 1 N–H and O–H groups in total. The second kappa shape index (κ2) is 9.92. The molecule has 8 heteroatoms. The molecule has 1 saturated heterocycles. The number of imidazole rings is 1. The van der Waals surface area contributed by atoms with Crippen LogP contribution in [0.1, 0.15) is 30.5 Å². The lowest BCUT2D eigenvalue weighted by atomic mass is 9.95. The van der Waals surface area contributed by atoms with Gasteiger partial charge in [-0.05, 0) is 55.3 Å². The second-order valence-electron chi connectivity index (χ2n) is 7.66. The minimum atomic E-state index is -0.709. The van der Waals surface area contributed by atoms with Crippen LogP contribution in [-0.4, -0.2) is 44.4 Å². The number of aryl methyl sites for hydroxylation is 1. The van der Waals surface area contributed by atoms with Crippen LogP contribution >= 0.6 is 11.6 Å². The highest BCUT2D eigenvalue weighted by Gasteiger charge is 2.45. The molecule has 1 fully saturated rings. The van der Waals surface area contributed by atoms with Gasteiger partial charge in [-0.25, -0.2) is 4.98 Å². The van der Waals surface area contributed by atoms with Crippen molar-refractivity contribution < 1.29 is 19.4 Å². The van der Waals surface area contributed by atoms with Gasteiger partial charge in [-0.2, -0.15) is 0 Å². The van der Waals surface area contributed by atoms with E-state index in [1.807, 2.05) is 29.8 Å². The van der Waals surface area contributed by atoms with Gasteiger partial charge in [-0.15, -0.1) is 0 Å². The molecule has 0 spiro atoms. The van der Waals surface area contributed by atoms with Gasteiger partial charge < -0.3 is 19.3 Å². The van der Waals surface area contributed by atoms with Crippen LogP contribution in [0.2, 0.25) is 5.02 Å². The molecule has 2 heterocycles. The van der Waals surface area contributed by atoms with Crippen molar-refractivity contribution in [3.05, 3.63) is 89.0 Å². The molecule has 170 valence electrons. The predicted octanol–water partition coefficient (Wildman–Crippen LogP) is 4.45. The number of ketones is 1. The standard InChI is InChI=1S/C25H24ClN3O4/c1-2-33-20-10-6-17(7-11-20)22-21(23(30)18-4-8-19(26)9-5-18)24(31)25(32)29(22)14-3-13-28-15-12-27-16-28/h4-12,15-16,22,30H,2-3,13-14H2,1H3/b23-21-. The molecule has 33 heavy (non-hydrogen) atoms. The Bertz CT molecular complexity index is 1160. The molecule has 1 atom stereocenters. The van der Waals surface area contributed by atoms with Crippen molar-refractivity contribution in [1.29, 1.82) is 0 Å². The van der Waals surface area contributed by atoms with E-state index in [2.05, 4.69) is 4.98 Å². The Morgan fingerprint density at radius 3 is 2.45 bits per heavy atom. The van der Waals surface area contributed by atoms with E-state index in [1.54, 1.807) is 48.9 Å². The summed E-state index contributed by atoms with van der Waals surface area (Å²) < 4.78 is 7.44. The van der Waals surface area contributed by atoms with Crippen LogP contribution in [0.4, 0.5) is 0 Å². The molecule has 2 aromatic carbocycles. The summed E-state index contributed by atoms with van der Waals surface area (Å²) in [6.07, 6.45) is 5.87. The fourth-order valence-corrected chi connectivity index (χ4v) is 4.10. The van der Waals surface area contributed by atoms with E-state index >= 15 is 0 Å². The smallest absolute Gasteiger partial charge is 0.295 e. The highest BCUT2D eigenvalue weighted by atomic mass is 35.5. The maximum absolute atomic E-state index is 13.1. The predicted molar refractivity (Wildman–Crippen MR) is 125 cm³/mol. The molecule has 0 aliphatic carbocycles. The third-order valence-corrected chi connectivity index (χ3v) is 5.79. The number of hydrogen-bond donors (Lipinski definition) is 1. The number of benzene rings is 2. The molecule has 4 rings (SSSR count). The third-order valence-electron chi connectivity index (χ3n) is 5.54. The van der Waals surface area contributed by atoms with E-state index in [0.717, 1.165) is 5.56 Å². The number of aliphatic hydroxyl groups is 1. The Hall–Kier alpha value is -3.58. The Morgan fingerprint density at radius 2 is 1.82 bits per heavy atom. The maximum Gasteiger partial charge on any atom is 0.295 e. The average Bonchev–Trinajstić information content (AvgIpc) is 3.42. The highest BCUT2D eigenvalue weighted by molar-refractivity contribution is 6.46. The first kappa shape index (κ1) is 22.6. The van der Waals surface area contributed by atoms with E-state index in [-0.39, 0.29) is 11.3 Å². The summed E-state index contributed by atoms with van der Waals surface area (Å²) in [5.41, 5.74) is 1.21. The molecular formula is C25H24ClN3O4. The zero-order valence-electron chi connectivity index (χ0n) is 18.1. The number of carbonyl (C=O) groups excluding carboxylic acids is 2. The number of aliphatic hydroxyl groups excluding tert-OH is 1. The summed E-state index contributed by atoms with van der Waals surface area (Å²) in [5, 5.41) is 11.6. The largest absolute Gasteiger partial charge is 0.507 e. The van der Waals surface area contributed by atoms with Crippen molar-refractivity contribution in [2.24, 2.45) is 0 Å². The van der Waals surface area contributed by atoms with Crippen LogP contribution in [-0.2, 0) is 16.1 Å². The highest BCUT2D eigenvalue weighted by Crippen LogP contribution is 2.40. The van der Waals surface area contributed by atoms with Crippen LogP contribution in [0, 0.1) is 0 Å². The number of halogens is 1. The Balaban J connectivity index is 1.71. The van der Waals surface area contributed by atoms with Crippen LogP contribution in [0.15, 0.2) is 72.8 Å². The lowest BCUT2D eigenvalue weighted by Gasteiger charge is -2.25. The van der Waals surface area contributed by atoms with E-state index in [9.17, 15) is 14.7 Å². The maximum atomic E-state index is 13.1. The fraction of sp³-hybridized carbons (Fsp3) is 0.240. The second-order valence-corrected chi connectivity index (χ2v) is 8.09. The number of ether oxygens (including phenoxy) is 1. The van der Waals surface area contributed by atoms with E-state index < -0.39 is 17.7 Å². The first-order chi connectivity index (χ1) is 16.0. The number of amides is 1. The fourth-order valence-electron chi connectivity index (χ4n) is 3.98. The van der Waals surface area contributed by atoms with Gasteiger partial charge in [0.05, 0.1) is 24.5 Å². The zero-order chi connectivity index (χ0) is 23.4. The van der Waals surface area contributed by atoms with Gasteiger partial charge in [-0.3, -0.25) is 9.59 Å². The van der Waals surface area contributed by atoms with Gasteiger partial charge in [0.25, 0.3) is 11.7 Å². The number of likely N-dealkylation sites (tertiary alicyclic amines) is 1. The molecule has 1 amide bonds. The SMILES string of the molecule is CCOc1ccc(C2/C(=C(/O)c3ccc(Cl)cc3)C(=O)C(=O)N2CCCn2ccnc2)cc1. The van der Waals surface area contributed by atoms with Gasteiger partial charge in [0, 0.05) is 36.1 Å². The molecular weight excluding hydrogens is 442 g/mol. The van der Waals surface area contributed by atoms with Crippen molar-refractivity contribution in [2.75, 3.05) is 13.2 Å². The van der Waals surface area contributed by atoms with Crippen molar-refractivity contribution in [2.45, 2.75) is 25.9 Å². The summed E-state index contributed by atoms with van der Waals surface area (Å²) in [5.74, 6) is -0.865. The van der Waals surface area contributed by atoms with Gasteiger partial charge in [0.2, 0.25) is 0 Å². The average molecular weight is 466 g/mol. The molecule has 1 aromatic heterocycles. The van der Waals surface area contributed by atoms with Crippen molar-refractivity contribution in [3.63, 3.8) is 0 Å². The summed E-state index contributed by atoms with van der Waals surface area (Å²) in [4.78, 5) is 31.6. The van der Waals surface area contributed by atoms with Crippen LogP contribution in [0.3, 0.4) is 0 Å². The summed E-state index contributed by atoms with van der Waals surface area (Å²) in [6.45, 7) is 3.42. The number of carbonyl (C=O) groups is 2. The normalized spacial score (nSPS) is 17.5. The summed E-state index contributed by atoms with van der Waals surface area (Å²) >= 11 is 5.97. The molecule has 7 nitrogen and oxygen atoms in total. The van der Waals surface area contributed by atoms with Crippen molar-refractivity contribution in [1.82, 2.24) is 14.5 Å². The minimum Gasteiger partial charge on any atom is -0.507 e. The number of Topliss-reactive ketones (excluding diaryl/α,β-unsaturated/α-hetero) is 1. The van der Waals surface area contributed by atoms with Gasteiger partial charge >= 0.3 is 0 Å². The first-order valence-electron chi connectivity index (χ1n) is 10.7. The number of rotatable bonds is 8. The number of hydrogen-bond acceptors (Lipinski definition) is 5. The Labute approximate surface area is 196 Å². The lowest BCUT2D eigenvalue weighted by Crippen LogP contribution is -2.31. The Morgan fingerprint density at radius 1 is 1.09 bits per heavy atom. The monoisotopic (exact) mass is 465 g/mol. The summed E-state index contributed by atoms with van der Waals surface area (Å²) in [7, 11) is 0. The van der Waals surface area contributed by atoms with Crippen molar-refractivity contribution >= 4 is 29.1 Å². The van der Waals surface area contributed by atoms with Gasteiger partial charge in [0.15, 0.2) is 0 Å². The number of nitrogens with zero attached hydrogens (tertiary/aromatic N) is 3.